The van der Waals surface area contributed by atoms with Crippen molar-refractivity contribution in [2.75, 3.05) is 36.0 Å². The van der Waals surface area contributed by atoms with Gasteiger partial charge in [0.05, 0.1) is 0 Å². The molecule has 1 aromatic heterocycles. The van der Waals surface area contributed by atoms with Crippen LogP contribution in [0.4, 0.5) is 11.4 Å². The van der Waals surface area contributed by atoms with Crippen LogP contribution in [0.2, 0.25) is 0 Å². The average molecular weight is 435 g/mol. The molecule has 1 heterocycles. The van der Waals surface area contributed by atoms with Gasteiger partial charge in [-0.15, -0.1) is 0 Å². The third kappa shape index (κ3) is 4.79. The Balaban J connectivity index is 2.13. The van der Waals surface area contributed by atoms with Gasteiger partial charge in [0.15, 0.2) is 0 Å². The second kappa shape index (κ2) is 10.4. The molecule has 0 spiro atoms. The molecule has 0 bridgehead atoms. The summed E-state index contributed by atoms with van der Waals surface area (Å²) in [5, 5.41) is 0. The third-order valence-electron chi connectivity index (χ3n) is 6.18. The second-order valence-electron chi connectivity index (χ2n) is 7.91. The van der Waals surface area contributed by atoms with Gasteiger partial charge >= 0.3 is 5.69 Å². The molecule has 6 nitrogen and oxygen atoms in total. The molecule has 0 amide bonds. The van der Waals surface area contributed by atoms with Crippen LogP contribution in [0, 0.1) is 6.92 Å². The van der Waals surface area contributed by atoms with Crippen LogP contribution in [0.3, 0.4) is 0 Å². The highest BCUT2D eigenvalue weighted by molar-refractivity contribution is 5.54. The van der Waals surface area contributed by atoms with Crippen LogP contribution >= 0.6 is 0 Å². The summed E-state index contributed by atoms with van der Waals surface area (Å²) in [6, 6.07) is 16.8. The van der Waals surface area contributed by atoms with E-state index in [-0.39, 0.29) is 11.5 Å². The van der Waals surface area contributed by atoms with Crippen molar-refractivity contribution < 1.29 is 0 Å². The first-order valence-corrected chi connectivity index (χ1v) is 11.5. The number of H-pyrrole nitrogens is 2. The molecule has 32 heavy (non-hydrogen) atoms. The van der Waals surface area contributed by atoms with Crippen LogP contribution < -0.4 is 21.0 Å². The van der Waals surface area contributed by atoms with E-state index in [0.29, 0.717) is 11.3 Å². The number of nitrogens with one attached hydrogen (secondary N) is 2. The van der Waals surface area contributed by atoms with Crippen molar-refractivity contribution in [1.82, 2.24) is 9.97 Å². The Kier molecular flexibility index (Phi) is 7.57. The Bertz CT molecular complexity index is 1070. The first-order valence-electron chi connectivity index (χ1n) is 11.5. The molecule has 3 aromatic rings. The number of aromatic nitrogens is 2. The normalized spacial score (nSPS) is 11.1. The van der Waals surface area contributed by atoms with Crippen molar-refractivity contribution in [3.8, 4) is 0 Å². The molecule has 6 heteroatoms. The van der Waals surface area contributed by atoms with E-state index in [0.717, 1.165) is 48.7 Å². The van der Waals surface area contributed by atoms with E-state index in [2.05, 4.69) is 96.0 Å². The van der Waals surface area contributed by atoms with Crippen molar-refractivity contribution in [2.24, 2.45) is 0 Å². The molecule has 0 atom stereocenters. The van der Waals surface area contributed by atoms with Gasteiger partial charge in [0.2, 0.25) is 0 Å². The Hall–Kier alpha value is -3.28. The fraction of sp³-hybridized carbons (Fsp3) is 0.385. The molecule has 0 saturated carbocycles. The molecular weight excluding hydrogens is 400 g/mol. The lowest BCUT2D eigenvalue weighted by atomic mass is 9.84. The van der Waals surface area contributed by atoms with Gasteiger partial charge in [0.25, 0.3) is 5.56 Å². The predicted octanol–water partition coefficient (Wildman–Crippen LogP) is 4.24. The molecule has 0 saturated heterocycles. The third-order valence-corrected chi connectivity index (χ3v) is 6.18. The maximum Gasteiger partial charge on any atom is 0.325 e. The van der Waals surface area contributed by atoms with Gasteiger partial charge in [-0.25, -0.2) is 4.79 Å². The van der Waals surface area contributed by atoms with E-state index in [9.17, 15) is 9.59 Å². The van der Waals surface area contributed by atoms with Crippen LogP contribution in [-0.4, -0.2) is 36.1 Å². The maximum atomic E-state index is 12.9. The summed E-state index contributed by atoms with van der Waals surface area (Å²) in [6.45, 7) is 14.1. The molecule has 0 aliphatic carbocycles. The maximum absolute atomic E-state index is 12.9. The van der Waals surface area contributed by atoms with Crippen LogP contribution in [-0.2, 0) is 0 Å². The van der Waals surface area contributed by atoms with Crippen LogP contribution in [0.15, 0.2) is 58.1 Å². The fourth-order valence-corrected chi connectivity index (χ4v) is 4.42. The molecule has 2 N–H and O–H groups in total. The van der Waals surface area contributed by atoms with Gasteiger partial charge in [-0.1, -0.05) is 24.3 Å². The predicted molar refractivity (Wildman–Crippen MR) is 133 cm³/mol. The van der Waals surface area contributed by atoms with Crippen LogP contribution in [0.25, 0.3) is 0 Å². The largest absolute Gasteiger partial charge is 0.372 e. The van der Waals surface area contributed by atoms with E-state index in [1.165, 1.54) is 0 Å². The number of aromatic amines is 2. The number of anilines is 2. The van der Waals surface area contributed by atoms with Gasteiger partial charge in [-0.3, -0.25) is 9.78 Å². The van der Waals surface area contributed by atoms with Gasteiger partial charge < -0.3 is 14.8 Å². The van der Waals surface area contributed by atoms with Crippen molar-refractivity contribution in [2.45, 2.75) is 40.5 Å². The number of hydrogen-bond acceptors (Lipinski definition) is 4. The first kappa shape index (κ1) is 23.4. The summed E-state index contributed by atoms with van der Waals surface area (Å²) in [5.74, 6) is -0.285. The topological polar surface area (TPSA) is 72.2 Å². The fourth-order valence-electron chi connectivity index (χ4n) is 4.42. The lowest BCUT2D eigenvalue weighted by Gasteiger charge is -2.25. The van der Waals surface area contributed by atoms with E-state index in [1.807, 2.05) is 0 Å². The average Bonchev–Trinajstić information content (AvgIpc) is 2.79. The highest BCUT2D eigenvalue weighted by Gasteiger charge is 2.23. The summed E-state index contributed by atoms with van der Waals surface area (Å²) < 4.78 is 0. The van der Waals surface area contributed by atoms with Crippen molar-refractivity contribution in [3.05, 3.63) is 91.8 Å². The summed E-state index contributed by atoms with van der Waals surface area (Å²) in [4.78, 5) is 34.5. The minimum atomic E-state index is -0.483. The minimum Gasteiger partial charge on any atom is -0.372 e. The molecular formula is C26H34N4O2. The zero-order valence-corrected chi connectivity index (χ0v) is 19.7. The number of hydrogen-bond donors (Lipinski definition) is 2. The molecule has 3 rings (SSSR count). The standard InChI is InChI=1S/C26H34N4O2/c1-6-29(7-2)21-14-10-19(11-15-21)24(23-18(5)27-26(32)28-25(23)31)20-12-16-22(17-13-20)30(8-3)9-4/h10-17,24H,6-9H2,1-5H3,(H2,27,28,31,32). The Labute approximate surface area is 189 Å². The van der Waals surface area contributed by atoms with E-state index < -0.39 is 5.69 Å². The number of aryl methyl sites for hydroxylation is 1. The SMILES string of the molecule is CCN(CC)c1ccc(C(c2ccc(N(CC)CC)cc2)c2c(C)[nH]c(=O)[nH]c2=O)cc1. The van der Waals surface area contributed by atoms with Crippen LogP contribution in [0.1, 0.15) is 56.0 Å². The van der Waals surface area contributed by atoms with Crippen LogP contribution in [0.5, 0.6) is 0 Å². The quantitative estimate of drug-likeness (QED) is 0.528. The van der Waals surface area contributed by atoms with E-state index in [4.69, 9.17) is 0 Å². The zero-order chi connectivity index (χ0) is 23.3. The van der Waals surface area contributed by atoms with Gasteiger partial charge in [-0.2, -0.15) is 0 Å². The van der Waals surface area contributed by atoms with Crippen molar-refractivity contribution >= 4 is 11.4 Å². The lowest BCUT2D eigenvalue weighted by Crippen LogP contribution is -2.29. The van der Waals surface area contributed by atoms with Gasteiger partial charge in [-0.05, 0) is 70.0 Å². The van der Waals surface area contributed by atoms with Crippen molar-refractivity contribution in [3.63, 3.8) is 0 Å². The molecule has 170 valence electrons. The number of rotatable bonds is 9. The molecule has 0 fully saturated rings. The zero-order valence-electron chi connectivity index (χ0n) is 19.7. The molecule has 2 aromatic carbocycles. The Morgan fingerprint density at radius 2 is 1.09 bits per heavy atom. The highest BCUT2D eigenvalue weighted by atomic mass is 16.2. The molecule has 0 unspecified atom stereocenters. The number of nitrogens with zero attached hydrogens (tertiary/aromatic N) is 2. The van der Waals surface area contributed by atoms with Crippen molar-refractivity contribution in [1.29, 1.82) is 0 Å². The second-order valence-corrected chi connectivity index (χ2v) is 7.91. The molecule has 0 aliphatic heterocycles. The summed E-state index contributed by atoms with van der Waals surface area (Å²) in [7, 11) is 0. The van der Waals surface area contributed by atoms with Gasteiger partial charge in [0.1, 0.15) is 0 Å². The highest BCUT2D eigenvalue weighted by Crippen LogP contribution is 2.33. The van der Waals surface area contributed by atoms with E-state index in [1.54, 1.807) is 6.92 Å². The molecule has 0 radical (unpaired) electrons. The lowest BCUT2D eigenvalue weighted by molar-refractivity contribution is 0.852. The first-order chi connectivity index (χ1) is 15.4. The van der Waals surface area contributed by atoms with Gasteiger partial charge in [0, 0.05) is 54.7 Å². The van der Waals surface area contributed by atoms with E-state index >= 15 is 0 Å². The molecule has 0 aliphatic rings. The smallest absolute Gasteiger partial charge is 0.325 e. The summed E-state index contributed by atoms with van der Waals surface area (Å²) in [5.41, 5.74) is 4.65. The monoisotopic (exact) mass is 434 g/mol. The Morgan fingerprint density at radius 1 is 0.688 bits per heavy atom. The summed E-state index contributed by atoms with van der Waals surface area (Å²) in [6.07, 6.45) is 0. The summed E-state index contributed by atoms with van der Waals surface area (Å²) >= 11 is 0. The number of benzene rings is 2. The Morgan fingerprint density at radius 3 is 1.44 bits per heavy atom. The minimum absolute atomic E-state index is 0.285.